The van der Waals surface area contributed by atoms with Gasteiger partial charge in [-0.2, -0.15) is 0 Å². The zero-order valence-corrected chi connectivity index (χ0v) is 19.2. The van der Waals surface area contributed by atoms with Gasteiger partial charge in [-0.3, -0.25) is 0 Å². The van der Waals surface area contributed by atoms with Crippen LogP contribution in [0.1, 0.15) is 109 Å². The summed E-state index contributed by atoms with van der Waals surface area (Å²) < 4.78 is 0. The second-order valence-electron chi connectivity index (χ2n) is 12.6. The van der Waals surface area contributed by atoms with E-state index in [1.807, 2.05) is 0 Å². The minimum atomic E-state index is 0.318. The van der Waals surface area contributed by atoms with E-state index in [-0.39, 0.29) is 0 Å². The zero-order chi connectivity index (χ0) is 20.3. The Morgan fingerprint density at radius 1 is 0.750 bits per heavy atom. The van der Waals surface area contributed by atoms with Crippen LogP contribution >= 0.6 is 0 Å². The fraction of sp³-hybridized carbons (Fsp3) is 0.778. The molecule has 154 valence electrons. The van der Waals surface area contributed by atoms with Gasteiger partial charge in [0.05, 0.1) is 0 Å². The van der Waals surface area contributed by atoms with Gasteiger partial charge in [0.2, 0.25) is 0 Å². The van der Waals surface area contributed by atoms with Gasteiger partial charge < -0.3 is 5.11 Å². The molecule has 1 aromatic rings. The van der Waals surface area contributed by atoms with Crippen molar-refractivity contribution in [3.63, 3.8) is 0 Å². The van der Waals surface area contributed by atoms with Crippen LogP contribution in [0.4, 0.5) is 0 Å². The van der Waals surface area contributed by atoms with Crippen LogP contribution in [-0.2, 0) is 0 Å². The molecule has 0 radical (unpaired) electrons. The molecule has 4 saturated carbocycles. The average Bonchev–Trinajstić information content (AvgIpc) is 3.14. The van der Waals surface area contributed by atoms with Crippen LogP contribution in [0.15, 0.2) is 12.1 Å². The van der Waals surface area contributed by atoms with Crippen molar-refractivity contribution in [2.45, 2.75) is 98.8 Å². The van der Waals surface area contributed by atoms with Crippen molar-refractivity contribution in [2.75, 3.05) is 0 Å². The first kappa shape index (κ1) is 19.0. The summed E-state index contributed by atoms with van der Waals surface area (Å²) in [6.07, 6.45) is 7.89. The predicted octanol–water partition coefficient (Wildman–Crippen LogP) is 7.56. The lowest BCUT2D eigenvalue weighted by molar-refractivity contribution is 0.130. The number of benzene rings is 1. The van der Waals surface area contributed by atoms with E-state index in [1.165, 1.54) is 55.2 Å². The largest absolute Gasteiger partial charge is 0.507 e. The summed E-state index contributed by atoms with van der Waals surface area (Å²) >= 11 is 0. The van der Waals surface area contributed by atoms with Crippen molar-refractivity contribution in [3.8, 4) is 5.75 Å². The van der Waals surface area contributed by atoms with Gasteiger partial charge in [0.25, 0.3) is 0 Å². The van der Waals surface area contributed by atoms with Crippen LogP contribution in [0.5, 0.6) is 5.75 Å². The summed E-state index contributed by atoms with van der Waals surface area (Å²) in [6.45, 7) is 17.2. The first-order valence-corrected chi connectivity index (χ1v) is 11.8. The van der Waals surface area contributed by atoms with Crippen LogP contribution < -0.4 is 0 Å². The Balaban J connectivity index is 1.60. The SMILES string of the molecule is Cc1cc(C2CC3CCC2(C)C3(C)C)c(O)c(C2CC3CCC2(C)C3(C)C)c1. The fourth-order valence-electron chi connectivity index (χ4n) is 8.71. The maximum Gasteiger partial charge on any atom is 0.122 e. The molecule has 4 aliphatic carbocycles. The Morgan fingerprint density at radius 3 is 1.43 bits per heavy atom. The summed E-state index contributed by atoms with van der Waals surface area (Å²) in [5.74, 6) is 3.31. The second-order valence-corrected chi connectivity index (χ2v) is 12.6. The highest BCUT2D eigenvalue weighted by Gasteiger charge is 2.63. The minimum absolute atomic E-state index is 0.318. The number of phenolic OH excluding ortho intramolecular Hbond substituents is 1. The van der Waals surface area contributed by atoms with E-state index in [0.717, 1.165) is 11.8 Å². The summed E-state index contributed by atoms with van der Waals surface area (Å²) in [6, 6.07) is 4.65. The molecule has 0 heterocycles. The Bertz CT molecular complexity index is 768. The van der Waals surface area contributed by atoms with E-state index < -0.39 is 0 Å². The van der Waals surface area contributed by atoms with Crippen molar-refractivity contribution in [3.05, 3.63) is 28.8 Å². The molecular formula is C27H40O. The molecule has 4 fully saturated rings. The molecule has 0 saturated heterocycles. The van der Waals surface area contributed by atoms with Gasteiger partial charge >= 0.3 is 0 Å². The monoisotopic (exact) mass is 380 g/mol. The lowest BCUT2D eigenvalue weighted by Crippen LogP contribution is -2.32. The van der Waals surface area contributed by atoms with Crippen molar-refractivity contribution >= 4 is 0 Å². The number of hydrogen-bond acceptors (Lipinski definition) is 1. The van der Waals surface area contributed by atoms with E-state index in [4.69, 9.17) is 0 Å². The molecule has 1 nitrogen and oxygen atoms in total. The molecule has 0 aliphatic heterocycles. The molecule has 5 rings (SSSR count). The Labute approximate surface area is 172 Å². The van der Waals surface area contributed by atoms with Crippen molar-refractivity contribution in [2.24, 2.45) is 33.5 Å². The molecule has 1 heteroatoms. The maximum absolute atomic E-state index is 11.7. The molecule has 4 aliphatic rings. The molecule has 1 N–H and O–H groups in total. The van der Waals surface area contributed by atoms with Gasteiger partial charge in [0.1, 0.15) is 5.75 Å². The number of fused-ring (bicyclic) bond motifs is 4. The van der Waals surface area contributed by atoms with Crippen LogP contribution in [-0.4, -0.2) is 5.11 Å². The Kier molecular flexibility index (Phi) is 3.65. The zero-order valence-electron chi connectivity index (χ0n) is 19.2. The highest BCUT2D eigenvalue weighted by Crippen LogP contribution is 2.74. The summed E-state index contributed by atoms with van der Waals surface area (Å²) in [4.78, 5) is 0. The molecule has 1 aromatic carbocycles. The molecule has 0 aromatic heterocycles. The average molecular weight is 381 g/mol. The second kappa shape index (κ2) is 5.38. The molecule has 0 spiro atoms. The number of rotatable bonds is 2. The van der Waals surface area contributed by atoms with E-state index in [2.05, 4.69) is 60.6 Å². The van der Waals surface area contributed by atoms with E-state index in [0.29, 0.717) is 39.2 Å². The van der Waals surface area contributed by atoms with Gasteiger partial charge in [-0.05, 0) is 102 Å². The molecular weight excluding hydrogens is 340 g/mol. The first-order valence-electron chi connectivity index (χ1n) is 11.8. The van der Waals surface area contributed by atoms with Gasteiger partial charge in [-0.15, -0.1) is 0 Å². The third-order valence-corrected chi connectivity index (χ3v) is 11.7. The predicted molar refractivity (Wildman–Crippen MR) is 117 cm³/mol. The van der Waals surface area contributed by atoms with Gasteiger partial charge in [-0.25, -0.2) is 0 Å². The third-order valence-electron chi connectivity index (χ3n) is 11.7. The van der Waals surface area contributed by atoms with Crippen molar-refractivity contribution in [1.82, 2.24) is 0 Å². The molecule has 0 amide bonds. The maximum atomic E-state index is 11.7. The summed E-state index contributed by atoms with van der Waals surface area (Å²) in [5.41, 5.74) is 5.30. The van der Waals surface area contributed by atoms with E-state index in [9.17, 15) is 5.11 Å². The number of phenols is 1. The Hall–Kier alpha value is -0.980. The van der Waals surface area contributed by atoms with Crippen LogP contribution in [0.3, 0.4) is 0 Å². The number of aryl methyl sites for hydroxylation is 1. The van der Waals surface area contributed by atoms with Gasteiger partial charge in [0, 0.05) is 0 Å². The fourth-order valence-corrected chi connectivity index (χ4v) is 8.71. The van der Waals surface area contributed by atoms with Crippen molar-refractivity contribution in [1.29, 1.82) is 0 Å². The quantitative estimate of drug-likeness (QED) is 0.561. The van der Waals surface area contributed by atoms with Crippen LogP contribution in [0.25, 0.3) is 0 Å². The molecule has 4 bridgehead atoms. The molecule has 28 heavy (non-hydrogen) atoms. The molecule has 6 unspecified atom stereocenters. The van der Waals surface area contributed by atoms with Gasteiger partial charge in [-0.1, -0.05) is 59.2 Å². The lowest BCUT2D eigenvalue weighted by Gasteiger charge is -2.42. The highest BCUT2D eigenvalue weighted by molar-refractivity contribution is 5.50. The highest BCUT2D eigenvalue weighted by atomic mass is 16.3. The molecule has 6 atom stereocenters. The van der Waals surface area contributed by atoms with E-state index in [1.54, 1.807) is 0 Å². The third kappa shape index (κ3) is 2.00. The normalized spacial score (nSPS) is 45.1. The van der Waals surface area contributed by atoms with Crippen molar-refractivity contribution < 1.29 is 5.11 Å². The standard InChI is InChI=1S/C27H40O/c1-16-12-19(21-14-17-8-10-26(21,6)24(17,2)3)23(28)20(13-16)22-15-18-9-11-27(22,7)25(18,4)5/h12-13,17-18,21-22,28H,8-11,14-15H2,1-7H3. The van der Waals surface area contributed by atoms with Crippen LogP contribution in [0, 0.1) is 40.4 Å². The summed E-state index contributed by atoms with van der Waals surface area (Å²) in [7, 11) is 0. The Morgan fingerprint density at radius 2 is 1.14 bits per heavy atom. The first-order chi connectivity index (χ1) is 12.9. The number of aromatic hydroxyl groups is 1. The smallest absolute Gasteiger partial charge is 0.122 e. The number of hydrogen-bond donors (Lipinski definition) is 1. The van der Waals surface area contributed by atoms with E-state index >= 15 is 0 Å². The lowest BCUT2D eigenvalue weighted by atomic mass is 9.63. The van der Waals surface area contributed by atoms with Crippen LogP contribution in [0.2, 0.25) is 0 Å². The minimum Gasteiger partial charge on any atom is -0.507 e. The summed E-state index contributed by atoms with van der Waals surface area (Å²) in [5, 5.41) is 11.7. The van der Waals surface area contributed by atoms with Gasteiger partial charge in [0.15, 0.2) is 0 Å². The topological polar surface area (TPSA) is 20.2 Å².